The van der Waals surface area contributed by atoms with Crippen LogP contribution in [0.3, 0.4) is 0 Å². The van der Waals surface area contributed by atoms with Crippen molar-refractivity contribution >= 4 is 12.1 Å². The lowest BCUT2D eigenvalue weighted by Gasteiger charge is -2.39. The third kappa shape index (κ3) is 7.55. The second kappa shape index (κ2) is 12.4. The zero-order valence-corrected chi connectivity index (χ0v) is 20.3. The van der Waals surface area contributed by atoms with Gasteiger partial charge in [0.25, 0.3) is 0 Å². The Kier molecular flexibility index (Phi) is 9.26. The molecule has 8 nitrogen and oxygen atoms in total. The number of carboxylic acids is 1. The monoisotopic (exact) mass is 464 g/mol. The van der Waals surface area contributed by atoms with Crippen LogP contribution in [0, 0.1) is 5.92 Å². The molecule has 4 fully saturated rings. The van der Waals surface area contributed by atoms with Gasteiger partial charge in [-0.25, -0.2) is 4.79 Å². The number of aliphatic carboxylic acids is 1. The Morgan fingerprint density at radius 2 is 1.61 bits per heavy atom. The number of cyclic esters (lactones) is 1. The van der Waals surface area contributed by atoms with Crippen LogP contribution in [0.25, 0.3) is 0 Å². The summed E-state index contributed by atoms with van der Waals surface area (Å²) in [6.45, 7) is 9.54. The molecule has 188 valence electrons. The fraction of sp³-hybridized carbons (Fsp3) is 0.920. The lowest BCUT2D eigenvalue weighted by molar-refractivity contribution is -0.137. The summed E-state index contributed by atoms with van der Waals surface area (Å²) >= 11 is 0. The maximum absolute atomic E-state index is 12.4. The first-order valence-corrected chi connectivity index (χ1v) is 13.4. The Labute approximate surface area is 199 Å². The first-order chi connectivity index (χ1) is 16.1. The average molecular weight is 465 g/mol. The van der Waals surface area contributed by atoms with E-state index in [1.54, 1.807) is 0 Å². The molecule has 4 aliphatic rings. The van der Waals surface area contributed by atoms with E-state index in [4.69, 9.17) is 9.84 Å². The van der Waals surface area contributed by atoms with Gasteiger partial charge >= 0.3 is 12.1 Å². The second-order valence-corrected chi connectivity index (χ2v) is 10.7. The minimum atomic E-state index is -0.717. The Balaban J connectivity index is 1.09. The molecule has 8 heteroatoms. The molecule has 4 rings (SSSR count). The lowest BCUT2D eigenvalue weighted by atomic mass is 9.89. The molecule has 33 heavy (non-hydrogen) atoms. The summed E-state index contributed by atoms with van der Waals surface area (Å²) in [7, 11) is 0. The van der Waals surface area contributed by atoms with E-state index in [2.05, 4.69) is 14.7 Å². The van der Waals surface area contributed by atoms with Gasteiger partial charge in [-0.2, -0.15) is 0 Å². The van der Waals surface area contributed by atoms with Gasteiger partial charge in [0, 0.05) is 51.7 Å². The van der Waals surface area contributed by atoms with E-state index in [0.29, 0.717) is 6.42 Å². The molecule has 3 saturated heterocycles. The van der Waals surface area contributed by atoms with Gasteiger partial charge in [0.2, 0.25) is 0 Å². The number of amides is 1. The Morgan fingerprint density at radius 1 is 0.909 bits per heavy atom. The highest BCUT2D eigenvalue weighted by molar-refractivity contribution is 5.69. The summed E-state index contributed by atoms with van der Waals surface area (Å²) in [4.78, 5) is 32.5. The van der Waals surface area contributed by atoms with Crippen molar-refractivity contribution in [3.05, 3.63) is 0 Å². The molecule has 0 aromatic carbocycles. The first-order valence-electron chi connectivity index (χ1n) is 13.4. The maximum atomic E-state index is 12.4. The van der Waals surface area contributed by atoms with E-state index in [1.807, 2.05) is 4.90 Å². The first kappa shape index (κ1) is 24.7. The zero-order chi connectivity index (χ0) is 23.0. The molecule has 3 heterocycles. The van der Waals surface area contributed by atoms with E-state index >= 15 is 0 Å². The quantitative estimate of drug-likeness (QED) is 0.533. The minimum absolute atomic E-state index is 0.0239. The molecule has 1 atom stereocenters. The van der Waals surface area contributed by atoms with Gasteiger partial charge in [-0.3, -0.25) is 9.69 Å². The van der Waals surface area contributed by atoms with Crippen molar-refractivity contribution in [1.29, 1.82) is 0 Å². The smallest absolute Gasteiger partial charge is 0.410 e. The van der Waals surface area contributed by atoms with E-state index < -0.39 is 5.97 Å². The Bertz CT molecular complexity index is 626. The van der Waals surface area contributed by atoms with Crippen LogP contribution >= 0.6 is 0 Å². The number of piperazine rings is 1. The van der Waals surface area contributed by atoms with Crippen LogP contribution in [-0.4, -0.2) is 114 Å². The van der Waals surface area contributed by atoms with Crippen molar-refractivity contribution in [3.63, 3.8) is 0 Å². The average Bonchev–Trinajstić information content (AvgIpc) is 3.18. The zero-order valence-electron chi connectivity index (χ0n) is 20.3. The summed E-state index contributed by atoms with van der Waals surface area (Å²) < 4.78 is 5.69. The molecule has 1 saturated carbocycles. The van der Waals surface area contributed by atoms with Crippen LogP contribution in [0.2, 0.25) is 0 Å². The Morgan fingerprint density at radius 3 is 2.30 bits per heavy atom. The normalized spacial score (nSPS) is 27.2. The topological polar surface area (TPSA) is 76.6 Å². The molecule has 0 aromatic rings. The summed E-state index contributed by atoms with van der Waals surface area (Å²) in [5.74, 6) is 0.0250. The molecular formula is C25H44N4O4. The maximum Gasteiger partial charge on any atom is 0.410 e. The number of ether oxygens (including phenoxy) is 1. The van der Waals surface area contributed by atoms with Crippen LogP contribution in [0.15, 0.2) is 0 Å². The van der Waals surface area contributed by atoms with Crippen molar-refractivity contribution in [2.75, 3.05) is 65.4 Å². The van der Waals surface area contributed by atoms with Crippen molar-refractivity contribution in [2.45, 2.75) is 76.4 Å². The fourth-order valence-electron chi connectivity index (χ4n) is 6.18. The number of hydrogen-bond acceptors (Lipinski definition) is 6. The van der Waals surface area contributed by atoms with Gasteiger partial charge in [0.15, 0.2) is 0 Å². The van der Waals surface area contributed by atoms with Gasteiger partial charge in [0.1, 0.15) is 6.10 Å². The number of likely N-dealkylation sites (tertiary alicyclic amines) is 1. The van der Waals surface area contributed by atoms with E-state index in [0.717, 1.165) is 70.7 Å². The molecule has 1 aliphatic carbocycles. The summed E-state index contributed by atoms with van der Waals surface area (Å²) in [6.07, 6.45) is 11.5. The SMILES string of the molecule is O=C(O)CCCN1CCN(CC2CN(CCC3CCN(C4CCCCC4)CC3)C(=O)O2)CC1. The molecular weight excluding hydrogens is 420 g/mol. The predicted molar refractivity (Wildman–Crippen MR) is 127 cm³/mol. The highest BCUT2D eigenvalue weighted by Gasteiger charge is 2.34. The molecule has 0 bridgehead atoms. The van der Waals surface area contributed by atoms with Crippen molar-refractivity contribution in [1.82, 2.24) is 19.6 Å². The summed E-state index contributed by atoms with van der Waals surface area (Å²) in [5, 5.41) is 8.79. The van der Waals surface area contributed by atoms with Crippen LogP contribution < -0.4 is 0 Å². The molecule has 1 unspecified atom stereocenters. The van der Waals surface area contributed by atoms with Crippen LogP contribution in [0.5, 0.6) is 0 Å². The van der Waals surface area contributed by atoms with Gasteiger partial charge in [-0.1, -0.05) is 19.3 Å². The van der Waals surface area contributed by atoms with Crippen molar-refractivity contribution < 1.29 is 19.4 Å². The number of piperidine rings is 1. The second-order valence-electron chi connectivity index (χ2n) is 10.7. The van der Waals surface area contributed by atoms with Gasteiger partial charge in [0.05, 0.1) is 6.54 Å². The van der Waals surface area contributed by atoms with Crippen LogP contribution in [-0.2, 0) is 9.53 Å². The van der Waals surface area contributed by atoms with Crippen molar-refractivity contribution in [3.8, 4) is 0 Å². The third-order valence-electron chi connectivity index (χ3n) is 8.29. The highest BCUT2D eigenvalue weighted by Crippen LogP contribution is 2.28. The molecule has 0 aromatic heterocycles. The summed E-state index contributed by atoms with van der Waals surface area (Å²) in [5.41, 5.74) is 0. The molecule has 1 N–H and O–H groups in total. The van der Waals surface area contributed by atoms with Gasteiger partial charge in [-0.15, -0.1) is 0 Å². The van der Waals surface area contributed by atoms with E-state index in [1.165, 1.54) is 58.0 Å². The standard InChI is InChI=1S/C25H44N4O4/c30-24(31)7-4-11-26-15-17-27(18-16-26)19-23-20-29(25(32)33-23)14-10-21-8-12-28(13-9-21)22-5-2-1-3-6-22/h21-23H,1-20H2,(H,30,31). The number of hydrogen-bond donors (Lipinski definition) is 1. The fourth-order valence-corrected chi connectivity index (χ4v) is 6.18. The summed E-state index contributed by atoms with van der Waals surface area (Å²) in [6, 6.07) is 0.834. The highest BCUT2D eigenvalue weighted by atomic mass is 16.6. The lowest BCUT2D eigenvalue weighted by Crippen LogP contribution is -2.49. The largest absolute Gasteiger partial charge is 0.481 e. The van der Waals surface area contributed by atoms with E-state index in [-0.39, 0.29) is 18.6 Å². The number of carbonyl (C=O) groups is 2. The van der Waals surface area contributed by atoms with Crippen LogP contribution in [0.4, 0.5) is 4.79 Å². The van der Waals surface area contributed by atoms with Crippen molar-refractivity contribution in [2.24, 2.45) is 5.92 Å². The van der Waals surface area contributed by atoms with Crippen LogP contribution in [0.1, 0.15) is 64.2 Å². The molecule has 0 spiro atoms. The van der Waals surface area contributed by atoms with Gasteiger partial charge in [-0.05, 0) is 64.1 Å². The number of carboxylic acid groups (broad SMARTS) is 1. The third-order valence-corrected chi connectivity index (χ3v) is 8.29. The molecule has 3 aliphatic heterocycles. The van der Waals surface area contributed by atoms with Gasteiger partial charge < -0.3 is 24.5 Å². The molecule has 0 radical (unpaired) electrons. The number of nitrogens with zero attached hydrogens (tertiary/aromatic N) is 4. The van der Waals surface area contributed by atoms with E-state index in [9.17, 15) is 9.59 Å². The molecule has 1 amide bonds. The Hall–Kier alpha value is -1.38. The predicted octanol–water partition coefficient (Wildman–Crippen LogP) is 2.72. The number of carbonyl (C=O) groups excluding carboxylic acids is 1. The minimum Gasteiger partial charge on any atom is -0.481 e. The number of rotatable bonds is 10.